The summed E-state index contributed by atoms with van der Waals surface area (Å²) < 4.78 is 5.39. The van der Waals surface area contributed by atoms with Crippen LogP contribution in [0, 0.1) is 0 Å². The summed E-state index contributed by atoms with van der Waals surface area (Å²) in [5.41, 5.74) is 1.97. The molecule has 2 N–H and O–H groups in total. The number of hydrogen-bond acceptors (Lipinski definition) is 3. The van der Waals surface area contributed by atoms with Gasteiger partial charge in [-0.05, 0) is 37.6 Å². The van der Waals surface area contributed by atoms with Crippen molar-refractivity contribution in [3.8, 4) is 11.5 Å². The summed E-state index contributed by atoms with van der Waals surface area (Å²) in [5, 5.41) is 14.3. The topological polar surface area (TPSA) is 41.5 Å². The molecule has 0 aliphatic heterocycles. The molecule has 0 heterocycles. The van der Waals surface area contributed by atoms with Gasteiger partial charge in [0.1, 0.15) is 0 Å². The normalized spacial score (nSPS) is 12.1. The van der Waals surface area contributed by atoms with Crippen LogP contribution >= 0.6 is 11.6 Å². The quantitative estimate of drug-likeness (QED) is 0.836. The van der Waals surface area contributed by atoms with Crippen LogP contribution in [-0.2, 0) is 6.54 Å². The maximum Gasteiger partial charge on any atom is 0.162 e. The van der Waals surface area contributed by atoms with Crippen LogP contribution in [0.5, 0.6) is 11.5 Å². The summed E-state index contributed by atoms with van der Waals surface area (Å²) in [6, 6.07) is 13.5. The first-order valence-corrected chi connectivity index (χ1v) is 7.42. The van der Waals surface area contributed by atoms with Crippen LogP contribution < -0.4 is 10.1 Å². The first-order chi connectivity index (χ1) is 10.1. The number of hydrogen-bond donors (Lipinski definition) is 2. The predicted octanol–water partition coefficient (Wildman–Crippen LogP) is 4.30. The molecule has 0 aliphatic carbocycles. The van der Waals surface area contributed by atoms with Crippen LogP contribution in [0.1, 0.15) is 31.0 Å². The Bertz CT molecular complexity index is 584. The highest BCUT2D eigenvalue weighted by Crippen LogP contribution is 2.30. The van der Waals surface area contributed by atoms with Crippen molar-refractivity contribution in [1.82, 2.24) is 5.32 Å². The summed E-state index contributed by atoms with van der Waals surface area (Å²) in [7, 11) is 0. The van der Waals surface area contributed by atoms with Gasteiger partial charge in [-0.2, -0.15) is 0 Å². The Balaban J connectivity index is 2.02. The second kappa shape index (κ2) is 7.34. The number of ether oxygens (including phenoxy) is 1. The Morgan fingerprint density at radius 1 is 1.19 bits per heavy atom. The molecule has 21 heavy (non-hydrogen) atoms. The second-order valence-corrected chi connectivity index (χ2v) is 5.29. The molecular formula is C17H20ClNO2. The molecule has 2 rings (SSSR count). The Morgan fingerprint density at radius 2 is 1.90 bits per heavy atom. The minimum absolute atomic E-state index is 0.164. The first kappa shape index (κ1) is 15.7. The minimum Gasteiger partial charge on any atom is -0.504 e. The van der Waals surface area contributed by atoms with E-state index >= 15 is 0 Å². The van der Waals surface area contributed by atoms with Gasteiger partial charge in [-0.25, -0.2) is 0 Å². The number of phenols is 1. The number of aromatic hydroxyl groups is 1. The van der Waals surface area contributed by atoms with E-state index in [1.807, 2.05) is 43.3 Å². The van der Waals surface area contributed by atoms with E-state index in [9.17, 15) is 5.11 Å². The van der Waals surface area contributed by atoms with Gasteiger partial charge in [-0.1, -0.05) is 35.9 Å². The molecule has 112 valence electrons. The molecule has 0 saturated heterocycles. The van der Waals surface area contributed by atoms with Gasteiger partial charge in [0, 0.05) is 23.2 Å². The number of halogens is 1. The molecule has 1 atom stereocenters. The van der Waals surface area contributed by atoms with Crippen molar-refractivity contribution in [3.05, 3.63) is 58.6 Å². The Kier molecular flexibility index (Phi) is 5.48. The highest BCUT2D eigenvalue weighted by molar-refractivity contribution is 6.30. The van der Waals surface area contributed by atoms with E-state index in [0.29, 0.717) is 18.9 Å². The van der Waals surface area contributed by atoms with Gasteiger partial charge in [-0.15, -0.1) is 0 Å². The predicted molar refractivity (Wildman–Crippen MR) is 86.0 cm³/mol. The molecule has 0 spiro atoms. The SMILES string of the molecule is CCOc1cccc(CN[C@@H](C)c2ccc(Cl)cc2)c1O. The summed E-state index contributed by atoms with van der Waals surface area (Å²) >= 11 is 5.89. The molecule has 2 aromatic rings. The minimum atomic E-state index is 0.164. The van der Waals surface area contributed by atoms with Crippen LogP contribution in [0.15, 0.2) is 42.5 Å². The molecule has 4 heteroatoms. The third-order valence-electron chi connectivity index (χ3n) is 3.35. The van der Waals surface area contributed by atoms with Crippen molar-refractivity contribution in [2.24, 2.45) is 0 Å². The van der Waals surface area contributed by atoms with Crippen LogP contribution in [-0.4, -0.2) is 11.7 Å². The smallest absolute Gasteiger partial charge is 0.162 e. The number of benzene rings is 2. The van der Waals surface area contributed by atoms with Crippen LogP contribution in [0.2, 0.25) is 5.02 Å². The van der Waals surface area contributed by atoms with Gasteiger partial charge in [0.05, 0.1) is 6.61 Å². The molecule has 0 fully saturated rings. The standard InChI is InChI=1S/C17H20ClNO2/c1-3-21-16-6-4-5-14(17(16)20)11-19-12(2)13-7-9-15(18)10-8-13/h4-10,12,19-20H,3,11H2,1-2H3/t12-/m0/s1. The molecule has 0 unspecified atom stereocenters. The van der Waals surface area contributed by atoms with Gasteiger partial charge < -0.3 is 15.2 Å². The Hall–Kier alpha value is -1.71. The lowest BCUT2D eigenvalue weighted by molar-refractivity contribution is 0.316. The van der Waals surface area contributed by atoms with E-state index in [-0.39, 0.29) is 11.8 Å². The van der Waals surface area contributed by atoms with Crippen LogP contribution in [0.25, 0.3) is 0 Å². The molecule has 0 aliphatic rings. The molecule has 0 aromatic heterocycles. The van der Waals surface area contributed by atoms with Gasteiger partial charge in [-0.3, -0.25) is 0 Å². The molecule has 0 bridgehead atoms. The zero-order chi connectivity index (χ0) is 15.2. The summed E-state index contributed by atoms with van der Waals surface area (Å²) in [6.07, 6.45) is 0. The van der Waals surface area contributed by atoms with E-state index in [2.05, 4.69) is 12.2 Å². The van der Waals surface area contributed by atoms with Crippen molar-refractivity contribution in [2.45, 2.75) is 26.4 Å². The van der Waals surface area contributed by atoms with Gasteiger partial charge >= 0.3 is 0 Å². The number of phenolic OH excluding ortho intramolecular Hbond substituents is 1. The average molecular weight is 306 g/mol. The highest BCUT2D eigenvalue weighted by atomic mass is 35.5. The van der Waals surface area contributed by atoms with E-state index < -0.39 is 0 Å². The van der Waals surface area contributed by atoms with Gasteiger partial charge in [0.15, 0.2) is 11.5 Å². The molecule has 0 radical (unpaired) electrons. The fraction of sp³-hybridized carbons (Fsp3) is 0.294. The molecule has 0 amide bonds. The first-order valence-electron chi connectivity index (χ1n) is 7.04. The van der Waals surface area contributed by atoms with Crippen molar-refractivity contribution >= 4 is 11.6 Å². The fourth-order valence-electron chi connectivity index (χ4n) is 2.11. The van der Waals surface area contributed by atoms with E-state index in [0.717, 1.165) is 16.1 Å². The molecule has 3 nitrogen and oxygen atoms in total. The highest BCUT2D eigenvalue weighted by Gasteiger charge is 2.10. The lowest BCUT2D eigenvalue weighted by Crippen LogP contribution is -2.18. The van der Waals surface area contributed by atoms with Gasteiger partial charge in [0.2, 0.25) is 0 Å². The number of nitrogens with one attached hydrogen (secondary N) is 1. The second-order valence-electron chi connectivity index (χ2n) is 4.85. The lowest BCUT2D eigenvalue weighted by atomic mass is 10.1. The zero-order valence-electron chi connectivity index (χ0n) is 12.3. The average Bonchev–Trinajstić information content (AvgIpc) is 2.49. The van der Waals surface area contributed by atoms with Crippen molar-refractivity contribution < 1.29 is 9.84 Å². The van der Waals surface area contributed by atoms with E-state index in [1.54, 1.807) is 6.07 Å². The largest absolute Gasteiger partial charge is 0.504 e. The van der Waals surface area contributed by atoms with Crippen molar-refractivity contribution in [1.29, 1.82) is 0 Å². The third kappa shape index (κ3) is 4.13. The zero-order valence-corrected chi connectivity index (χ0v) is 13.0. The summed E-state index contributed by atoms with van der Waals surface area (Å²) in [4.78, 5) is 0. The molecule has 2 aromatic carbocycles. The van der Waals surface area contributed by atoms with Crippen molar-refractivity contribution in [2.75, 3.05) is 6.61 Å². The third-order valence-corrected chi connectivity index (χ3v) is 3.60. The Labute approximate surface area is 130 Å². The fourth-order valence-corrected chi connectivity index (χ4v) is 2.24. The Morgan fingerprint density at radius 3 is 2.57 bits per heavy atom. The molecular weight excluding hydrogens is 286 g/mol. The number of rotatable bonds is 6. The van der Waals surface area contributed by atoms with Crippen LogP contribution in [0.3, 0.4) is 0 Å². The van der Waals surface area contributed by atoms with Crippen molar-refractivity contribution in [3.63, 3.8) is 0 Å². The maximum atomic E-state index is 10.2. The van der Waals surface area contributed by atoms with Gasteiger partial charge in [0.25, 0.3) is 0 Å². The molecule has 0 saturated carbocycles. The number of para-hydroxylation sites is 1. The summed E-state index contributed by atoms with van der Waals surface area (Å²) in [6.45, 7) is 5.07. The van der Waals surface area contributed by atoms with E-state index in [4.69, 9.17) is 16.3 Å². The van der Waals surface area contributed by atoms with Crippen LogP contribution in [0.4, 0.5) is 0 Å². The maximum absolute atomic E-state index is 10.2. The van der Waals surface area contributed by atoms with E-state index in [1.165, 1.54) is 0 Å². The summed E-state index contributed by atoms with van der Waals surface area (Å²) in [5.74, 6) is 0.728. The lowest BCUT2D eigenvalue weighted by Gasteiger charge is -2.16. The monoisotopic (exact) mass is 305 g/mol.